The zero-order valence-electron chi connectivity index (χ0n) is 12.2. The van der Waals surface area contributed by atoms with Crippen LogP contribution in [-0.4, -0.2) is 22.8 Å². The van der Waals surface area contributed by atoms with Crippen LogP contribution in [0.5, 0.6) is 0 Å². The fourth-order valence-electron chi connectivity index (χ4n) is 2.14. The molecule has 0 saturated carbocycles. The van der Waals surface area contributed by atoms with Crippen LogP contribution in [0, 0.1) is 25.6 Å². The Bertz CT molecular complexity index is 686. The second-order valence-electron chi connectivity index (χ2n) is 5.05. The number of aryl methyl sites for hydroxylation is 2. The van der Waals surface area contributed by atoms with Gasteiger partial charge in [0.2, 0.25) is 5.95 Å². The van der Waals surface area contributed by atoms with Crippen molar-refractivity contribution in [3.05, 3.63) is 64.5 Å². The van der Waals surface area contributed by atoms with E-state index in [1.54, 1.807) is 7.05 Å². The highest BCUT2D eigenvalue weighted by atomic mass is 19.2. The van der Waals surface area contributed by atoms with Crippen LogP contribution in [0.25, 0.3) is 0 Å². The van der Waals surface area contributed by atoms with Crippen LogP contribution in [0.4, 0.5) is 8.78 Å². The highest BCUT2D eigenvalue weighted by Gasteiger charge is 2.19. The van der Waals surface area contributed by atoms with Gasteiger partial charge < -0.3 is 4.90 Å². The fourth-order valence-corrected chi connectivity index (χ4v) is 2.14. The number of nitrogens with zero attached hydrogens (tertiary/aromatic N) is 2. The topological polar surface area (TPSA) is 33.2 Å². The molecule has 0 bridgehead atoms. The average molecular weight is 290 g/mol. The molecule has 0 atom stereocenters. The minimum atomic E-state index is -1.26. The maximum absolute atomic E-state index is 13.6. The van der Waals surface area contributed by atoms with Crippen LogP contribution in [0.1, 0.15) is 27.0 Å². The lowest BCUT2D eigenvalue weighted by Crippen LogP contribution is -2.27. The summed E-state index contributed by atoms with van der Waals surface area (Å²) in [4.78, 5) is 16.7. The molecule has 110 valence electrons. The van der Waals surface area contributed by atoms with Crippen molar-refractivity contribution in [3.63, 3.8) is 0 Å². The standard InChI is InChI=1S/C16H16F2N2O/c1-10-4-5-12(11(2)8-10)9-20(3)16(21)13-6-7-19-15(18)14(13)17/h4-8H,9H2,1-3H3. The Morgan fingerprint density at radius 2 is 1.95 bits per heavy atom. The summed E-state index contributed by atoms with van der Waals surface area (Å²) in [5.41, 5.74) is 2.84. The first kappa shape index (κ1) is 15.1. The molecule has 2 rings (SSSR count). The molecule has 1 aromatic heterocycles. The zero-order valence-corrected chi connectivity index (χ0v) is 12.2. The van der Waals surface area contributed by atoms with Gasteiger partial charge >= 0.3 is 0 Å². The van der Waals surface area contributed by atoms with Crippen LogP contribution < -0.4 is 0 Å². The van der Waals surface area contributed by atoms with Gasteiger partial charge in [-0.3, -0.25) is 4.79 Å². The molecule has 1 heterocycles. The summed E-state index contributed by atoms with van der Waals surface area (Å²) in [6, 6.07) is 7.07. The number of amides is 1. The molecule has 0 aliphatic rings. The monoisotopic (exact) mass is 290 g/mol. The van der Waals surface area contributed by atoms with Gasteiger partial charge in [0, 0.05) is 19.8 Å². The molecule has 0 radical (unpaired) electrons. The van der Waals surface area contributed by atoms with Crippen LogP contribution in [-0.2, 0) is 6.54 Å². The van der Waals surface area contributed by atoms with E-state index in [1.165, 1.54) is 11.0 Å². The van der Waals surface area contributed by atoms with E-state index in [0.29, 0.717) is 6.54 Å². The van der Waals surface area contributed by atoms with E-state index in [1.807, 2.05) is 32.0 Å². The third-order valence-corrected chi connectivity index (χ3v) is 3.33. The van der Waals surface area contributed by atoms with Crippen LogP contribution >= 0.6 is 0 Å². The maximum Gasteiger partial charge on any atom is 0.257 e. The Morgan fingerprint density at radius 1 is 1.24 bits per heavy atom. The zero-order chi connectivity index (χ0) is 15.6. The number of hydrogen-bond donors (Lipinski definition) is 0. The van der Waals surface area contributed by atoms with Gasteiger partial charge in [0.1, 0.15) is 0 Å². The number of rotatable bonds is 3. The van der Waals surface area contributed by atoms with E-state index in [4.69, 9.17) is 0 Å². The van der Waals surface area contributed by atoms with Crippen molar-refractivity contribution >= 4 is 5.91 Å². The molecule has 0 saturated heterocycles. The molecule has 3 nitrogen and oxygen atoms in total. The molecule has 0 N–H and O–H groups in total. The van der Waals surface area contributed by atoms with Gasteiger partial charge in [-0.25, -0.2) is 9.37 Å². The minimum absolute atomic E-state index is 0.310. The van der Waals surface area contributed by atoms with Crippen molar-refractivity contribution in [2.24, 2.45) is 0 Å². The number of halogens is 2. The summed E-state index contributed by atoms with van der Waals surface area (Å²) in [6.45, 7) is 4.27. The number of pyridine rings is 1. The van der Waals surface area contributed by atoms with Gasteiger partial charge in [-0.2, -0.15) is 4.39 Å². The van der Waals surface area contributed by atoms with E-state index in [-0.39, 0.29) is 5.56 Å². The van der Waals surface area contributed by atoms with Crippen LogP contribution in [0.15, 0.2) is 30.5 Å². The quantitative estimate of drug-likeness (QED) is 0.813. The Labute approximate surface area is 122 Å². The third-order valence-electron chi connectivity index (χ3n) is 3.33. The first-order chi connectivity index (χ1) is 9.90. The molecule has 0 fully saturated rings. The predicted octanol–water partition coefficient (Wildman–Crippen LogP) is 3.25. The van der Waals surface area contributed by atoms with Crippen molar-refractivity contribution in [2.75, 3.05) is 7.05 Å². The van der Waals surface area contributed by atoms with Gasteiger partial charge in [-0.1, -0.05) is 23.8 Å². The van der Waals surface area contributed by atoms with Crippen molar-refractivity contribution in [1.82, 2.24) is 9.88 Å². The molecule has 0 aliphatic heterocycles. The lowest BCUT2D eigenvalue weighted by atomic mass is 10.1. The molecular weight excluding hydrogens is 274 g/mol. The molecule has 0 spiro atoms. The first-order valence-electron chi connectivity index (χ1n) is 6.51. The Hall–Kier alpha value is -2.30. The number of benzene rings is 1. The van der Waals surface area contributed by atoms with Crippen LogP contribution in [0.2, 0.25) is 0 Å². The van der Waals surface area contributed by atoms with Gasteiger partial charge in [0.25, 0.3) is 5.91 Å². The van der Waals surface area contributed by atoms with E-state index in [0.717, 1.165) is 22.9 Å². The minimum Gasteiger partial charge on any atom is -0.337 e. The molecule has 1 aromatic carbocycles. The highest BCUT2D eigenvalue weighted by Crippen LogP contribution is 2.16. The van der Waals surface area contributed by atoms with Gasteiger partial charge in [-0.15, -0.1) is 0 Å². The van der Waals surface area contributed by atoms with Gasteiger partial charge in [0.15, 0.2) is 5.82 Å². The van der Waals surface area contributed by atoms with E-state index >= 15 is 0 Å². The summed E-state index contributed by atoms with van der Waals surface area (Å²) >= 11 is 0. The van der Waals surface area contributed by atoms with Crippen molar-refractivity contribution in [1.29, 1.82) is 0 Å². The summed E-state index contributed by atoms with van der Waals surface area (Å²) in [5, 5.41) is 0. The lowest BCUT2D eigenvalue weighted by molar-refractivity contribution is 0.0778. The Morgan fingerprint density at radius 3 is 2.62 bits per heavy atom. The summed E-state index contributed by atoms with van der Waals surface area (Å²) < 4.78 is 26.7. The molecule has 1 amide bonds. The molecule has 21 heavy (non-hydrogen) atoms. The smallest absolute Gasteiger partial charge is 0.257 e. The van der Waals surface area contributed by atoms with Crippen molar-refractivity contribution in [2.45, 2.75) is 20.4 Å². The molecule has 2 aromatic rings. The maximum atomic E-state index is 13.6. The van der Waals surface area contributed by atoms with Gasteiger partial charge in [0.05, 0.1) is 5.56 Å². The molecule has 5 heteroatoms. The molecule has 0 aliphatic carbocycles. The van der Waals surface area contributed by atoms with E-state index < -0.39 is 17.7 Å². The third kappa shape index (κ3) is 3.24. The number of aromatic nitrogens is 1. The van der Waals surface area contributed by atoms with E-state index in [9.17, 15) is 13.6 Å². The Kier molecular flexibility index (Phi) is 4.31. The van der Waals surface area contributed by atoms with Gasteiger partial charge in [-0.05, 0) is 31.0 Å². The fraction of sp³-hybridized carbons (Fsp3) is 0.250. The normalized spacial score (nSPS) is 10.5. The number of carbonyl (C=O) groups excluding carboxylic acids is 1. The second kappa shape index (κ2) is 5.99. The van der Waals surface area contributed by atoms with Crippen LogP contribution in [0.3, 0.4) is 0 Å². The molecule has 0 unspecified atom stereocenters. The number of carbonyl (C=O) groups is 1. The largest absolute Gasteiger partial charge is 0.337 e. The summed E-state index contributed by atoms with van der Waals surface area (Å²) in [7, 11) is 1.55. The second-order valence-corrected chi connectivity index (χ2v) is 5.05. The summed E-state index contributed by atoms with van der Waals surface area (Å²) in [5.74, 6) is -3.05. The average Bonchev–Trinajstić information content (AvgIpc) is 2.44. The SMILES string of the molecule is Cc1ccc(CN(C)C(=O)c2ccnc(F)c2F)c(C)c1. The van der Waals surface area contributed by atoms with Crippen molar-refractivity contribution < 1.29 is 13.6 Å². The predicted molar refractivity (Wildman–Crippen MR) is 75.9 cm³/mol. The highest BCUT2D eigenvalue weighted by molar-refractivity contribution is 5.94. The van der Waals surface area contributed by atoms with Crippen molar-refractivity contribution in [3.8, 4) is 0 Å². The van der Waals surface area contributed by atoms with E-state index in [2.05, 4.69) is 4.98 Å². The Balaban J connectivity index is 2.21. The lowest BCUT2D eigenvalue weighted by Gasteiger charge is -2.19. The first-order valence-corrected chi connectivity index (χ1v) is 6.51. The molecular formula is C16H16F2N2O. The number of hydrogen-bond acceptors (Lipinski definition) is 2. The summed E-state index contributed by atoms with van der Waals surface area (Å²) in [6.07, 6.45) is 1.08.